The second-order valence-electron chi connectivity index (χ2n) is 8.25. The average Bonchev–Trinajstić information content (AvgIpc) is 2.93. The number of nitrogens with one attached hydrogen (secondary N) is 1. The normalized spacial score (nSPS) is 35.2. The van der Waals surface area contributed by atoms with Gasteiger partial charge < -0.3 is 10.4 Å². The first-order valence-corrected chi connectivity index (χ1v) is 10.0. The molecule has 1 aromatic heterocycles. The molecule has 128 valence electrons. The minimum atomic E-state index is 0.245. The van der Waals surface area contributed by atoms with Crippen molar-refractivity contribution in [1.82, 2.24) is 9.88 Å². The molecule has 5 heteroatoms. The number of anilines is 1. The highest BCUT2D eigenvalue weighted by Gasteiger charge is 2.51. The van der Waals surface area contributed by atoms with Crippen molar-refractivity contribution in [3.8, 4) is 0 Å². The summed E-state index contributed by atoms with van der Waals surface area (Å²) in [4.78, 5) is 7.09. The van der Waals surface area contributed by atoms with Gasteiger partial charge in [-0.15, -0.1) is 11.3 Å². The van der Waals surface area contributed by atoms with Crippen LogP contribution in [-0.4, -0.2) is 41.7 Å². The van der Waals surface area contributed by atoms with Crippen molar-refractivity contribution in [3.05, 3.63) is 11.1 Å². The lowest BCUT2D eigenvalue weighted by molar-refractivity contribution is -0.0715. The molecule has 0 atom stereocenters. The number of rotatable bonds is 7. The van der Waals surface area contributed by atoms with E-state index in [1.54, 1.807) is 11.3 Å². The SMILES string of the molecule is CNc1nc(CN(CCO)CC23CC4CC(CC(C4)C2)C3)cs1. The van der Waals surface area contributed by atoms with Gasteiger partial charge >= 0.3 is 0 Å². The van der Waals surface area contributed by atoms with E-state index >= 15 is 0 Å². The van der Waals surface area contributed by atoms with Crippen molar-refractivity contribution in [2.75, 3.05) is 32.1 Å². The van der Waals surface area contributed by atoms with Gasteiger partial charge in [0.05, 0.1) is 12.3 Å². The maximum atomic E-state index is 9.51. The van der Waals surface area contributed by atoms with E-state index in [0.29, 0.717) is 5.41 Å². The Morgan fingerprint density at radius 3 is 2.43 bits per heavy atom. The minimum Gasteiger partial charge on any atom is -0.395 e. The lowest BCUT2D eigenvalue weighted by Gasteiger charge is -2.58. The van der Waals surface area contributed by atoms with Crippen LogP contribution in [-0.2, 0) is 6.54 Å². The fraction of sp³-hybridized carbons (Fsp3) is 0.833. The largest absolute Gasteiger partial charge is 0.395 e. The maximum Gasteiger partial charge on any atom is 0.182 e. The molecule has 4 aliphatic rings. The van der Waals surface area contributed by atoms with Crippen molar-refractivity contribution < 1.29 is 5.11 Å². The Morgan fingerprint density at radius 2 is 1.91 bits per heavy atom. The lowest BCUT2D eigenvalue weighted by atomic mass is 9.49. The van der Waals surface area contributed by atoms with E-state index in [0.717, 1.165) is 48.2 Å². The predicted octanol–water partition coefficient (Wildman–Crippen LogP) is 3.20. The van der Waals surface area contributed by atoms with Gasteiger partial charge in [0, 0.05) is 32.1 Å². The molecule has 4 nitrogen and oxygen atoms in total. The summed E-state index contributed by atoms with van der Waals surface area (Å²) in [5, 5.41) is 15.8. The Labute approximate surface area is 143 Å². The molecule has 4 bridgehead atoms. The fourth-order valence-electron chi connectivity index (χ4n) is 6.04. The monoisotopic (exact) mass is 335 g/mol. The van der Waals surface area contributed by atoms with Crippen LogP contribution in [0.3, 0.4) is 0 Å². The maximum absolute atomic E-state index is 9.51. The number of aromatic nitrogens is 1. The van der Waals surface area contributed by atoms with Gasteiger partial charge in [-0.1, -0.05) is 0 Å². The molecule has 1 aromatic rings. The Hall–Kier alpha value is -0.650. The van der Waals surface area contributed by atoms with Gasteiger partial charge in [-0.3, -0.25) is 4.90 Å². The molecule has 2 N–H and O–H groups in total. The summed E-state index contributed by atoms with van der Waals surface area (Å²) >= 11 is 1.67. The first kappa shape index (κ1) is 15.9. The Balaban J connectivity index is 1.45. The first-order valence-electron chi connectivity index (χ1n) is 9.13. The van der Waals surface area contributed by atoms with E-state index in [2.05, 4.69) is 20.6 Å². The topological polar surface area (TPSA) is 48.4 Å². The van der Waals surface area contributed by atoms with Crippen molar-refractivity contribution in [2.24, 2.45) is 23.2 Å². The third-order valence-electron chi connectivity index (χ3n) is 6.29. The first-order chi connectivity index (χ1) is 11.2. The molecule has 0 aliphatic heterocycles. The summed E-state index contributed by atoms with van der Waals surface area (Å²) in [5.74, 6) is 2.98. The van der Waals surface area contributed by atoms with Crippen LogP contribution in [0.2, 0.25) is 0 Å². The van der Waals surface area contributed by atoms with Gasteiger partial charge in [-0.25, -0.2) is 4.98 Å². The van der Waals surface area contributed by atoms with E-state index < -0.39 is 0 Å². The zero-order valence-electron chi connectivity index (χ0n) is 14.1. The van der Waals surface area contributed by atoms with Crippen LogP contribution in [0, 0.1) is 23.2 Å². The Bertz CT molecular complexity index is 509. The van der Waals surface area contributed by atoms with Gasteiger partial charge in [0.25, 0.3) is 0 Å². The van der Waals surface area contributed by atoms with Gasteiger partial charge in [0.15, 0.2) is 5.13 Å². The second kappa shape index (κ2) is 6.34. The quantitative estimate of drug-likeness (QED) is 0.803. The van der Waals surface area contributed by atoms with Gasteiger partial charge in [0.2, 0.25) is 0 Å². The summed E-state index contributed by atoms with van der Waals surface area (Å²) in [6.45, 7) is 3.05. The molecular formula is C18H29N3OS. The molecular weight excluding hydrogens is 306 g/mol. The molecule has 4 saturated carbocycles. The fourth-order valence-corrected chi connectivity index (χ4v) is 6.70. The number of aliphatic hydroxyl groups excluding tert-OH is 1. The third-order valence-corrected chi connectivity index (χ3v) is 7.20. The summed E-state index contributed by atoms with van der Waals surface area (Å²) < 4.78 is 0. The Kier molecular flexibility index (Phi) is 4.37. The summed E-state index contributed by atoms with van der Waals surface area (Å²) in [6.07, 6.45) is 8.78. The standard InChI is InChI=1S/C18H29N3OS/c1-19-17-20-16(11-23-17)10-21(2-3-22)12-18-7-13-4-14(8-18)6-15(5-13)9-18/h11,13-15,22H,2-10,12H2,1H3,(H,19,20). The molecule has 4 aliphatic carbocycles. The third kappa shape index (κ3) is 3.28. The molecule has 0 radical (unpaired) electrons. The highest BCUT2D eigenvalue weighted by molar-refractivity contribution is 7.13. The van der Waals surface area contributed by atoms with Gasteiger partial charge in [-0.05, 0) is 61.7 Å². The zero-order valence-corrected chi connectivity index (χ0v) is 14.9. The molecule has 0 spiro atoms. The molecule has 1 heterocycles. The van der Waals surface area contributed by atoms with E-state index in [1.165, 1.54) is 38.5 Å². The molecule has 0 saturated heterocycles. The van der Waals surface area contributed by atoms with E-state index in [1.807, 2.05) is 7.05 Å². The van der Waals surface area contributed by atoms with E-state index in [9.17, 15) is 5.11 Å². The van der Waals surface area contributed by atoms with Gasteiger partial charge in [0.1, 0.15) is 0 Å². The highest BCUT2D eigenvalue weighted by atomic mass is 32.1. The number of hydrogen-bond donors (Lipinski definition) is 2. The van der Waals surface area contributed by atoms with Crippen LogP contribution in [0.4, 0.5) is 5.13 Å². The van der Waals surface area contributed by atoms with Crippen molar-refractivity contribution >= 4 is 16.5 Å². The lowest BCUT2D eigenvalue weighted by Crippen LogP contribution is -2.51. The molecule has 0 amide bonds. The average molecular weight is 336 g/mol. The smallest absolute Gasteiger partial charge is 0.182 e. The minimum absolute atomic E-state index is 0.245. The predicted molar refractivity (Wildman–Crippen MR) is 94.6 cm³/mol. The van der Waals surface area contributed by atoms with Crippen LogP contribution in [0.25, 0.3) is 0 Å². The van der Waals surface area contributed by atoms with Crippen LogP contribution < -0.4 is 5.32 Å². The molecule has 0 unspecified atom stereocenters. The van der Waals surface area contributed by atoms with Crippen molar-refractivity contribution in [3.63, 3.8) is 0 Å². The highest BCUT2D eigenvalue weighted by Crippen LogP contribution is 2.60. The van der Waals surface area contributed by atoms with Crippen LogP contribution in [0.15, 0.2) is 5.38 Å². The summed E-state index contributed by atoms with van der Waals surface area (Å²) in [6, 6.07) is 0. The number of aliphatic hydroxyl groups is 1. The van der Waals surface area contributed by atoms with Crippen molar-refractivity contribution in [2.45, 2.75) is 45.1 Å². The van der Waals surface area contributed by atoms with Crippen LogP contribution in [0.5, 0.6) is 0 Å². The summed E-state index contributed by atoms with van der Waals surface area (Å²) in [5.41, 5.74) is 1.67. The molecule has 5 rings (SSSR count). The number of thiazole rings is 1. The molecule has 4 fully saturated rings. The number of hydrogen-bond acceptors (Lipinski definition) is 5. The van der Waals surface area contributed by atoms with E-state index in [-0.39, 0.29) is 6.61 Å². The summed E-state index contributed by atoms with van der Waals surface area (Å²) in [7, 11) is 1.92. The van der Waals surface area contributed by atoms with Gasteiger partial charge in [-0.2, -0.15) is 0 Å². The zero-order chi connectivity index (χ0) is 15.9. The molecule has 0 aromatic carbocycles. The Morgan fingerprint density at radius 1 is 1.26 bits per heavy atom. The number of nitrogens with zero attached hydrogens (tertiary/aromatic N) is 2. The van der Waals surface area contributed by atoms with Crippen LogP contribution in [0.1, 0.15) is 44.2 Å². The van der Waals surface area contributed by atoms with Crippen molar-refractivity contribution in [1.29, 1.82) is 0 Å². The van der Waals surface area contributed by atoms with E-state index in [4.69, 9.17) is 0 Å². The molecule has 23 heavy (non-hydrogen) atoms. The van der Waals surface area contributed by atoms with Crippen LogP contribution >= 0.6 is 11.3 Å². The second-order valence-corrected chi connectivity index (χ2v) is 9.10.